The number of hydrogen-bond donors (Lipinski definition) is 1. The van der Waals surface area contributed by atoms with E-state index in [2.05, 4.69) is 11.8 Å². The second-order valence-corrected chi connectivity index (χ2v) is 5.35. The quantitative estimate of drug-likeness (QED) is 0.866. The van der Waals surface area contributed by atoms with Crippen molar-refractivity contribution in [3.05, 3.63) is 35.9 Å². The highest BCUT2D eigenvalue weighted by atomic mass is 16.6. The molecule has 0 bridgehead atoms. The predicted molar refractivity (Wildman–Crippen MR) is 82.9 cm³/mol. The third-order valence-electron chi connectivity index (χ3n) is 3.97. The first-order chi connectivity index (χ1) is 10.2. The molecule has 1 aromatic carbocycles. The van der Waals surface area contributed by atoms with Gasteiger partial charge in [0.05, 0.1) is 0 Å². The standard InChI is InChI=1S/C16H25N3O2/c1-2-18(11-9-17)15-8-10-19(12-15)16(20)21-13-14-6-4-3-5-7-14/h3-7,15H,2,8-13,17H2,1H3. The molecule has 5 nitrogen and oxygen atoms in total. The lowest BCUT2D eigenvalue weighted by molar-refractivity contribution is 0.100. The van der Waals surface area contributed by atoms with Crippen molar-refractivity contribution >= 4 is 6.09 Å². The Bertz CT molecular complexity index is 438. The van der Waals surface area contributed by atoms with E-state index in [1.54, 1.807) is 4.90 Å². The smallest absolute Gasteiger partial charge is 0.410 e. The Kier molecular flexibility index (Phi) is 6.02. The normalized spacial score (nSPS) is 18.2. The maximum atomic E-state index is 12.1. The zero-order chi connectivity index (χ0) is 15.1. The maximum Gasteiger partial charge on any atom is 0.410 e. The van der Waals surface area contributed by atoms with Gasteiger partial charge in [-0.3, -0.25) is 4.90 Å². The third kappa shape index (κ3) is 4.44. The van der Waals surface area contributed by atoms with Gasteiger partial charge >= 0.3 is 6.09 Å². The average molecular weight is 291 g/mol. The number of ether oxygens (including phenoxy) is 1. The van der Waals surface area contributed by atoms with E-state index in [1.165, 1.54) is 0 Å². The molecule has 1 fully saturated rings. The fraction of sp³-hybridized carbons (Fsp3) is 0.562. The van der Waals surface area contributed by atoms with E-state index in [0.717, 1.165) is 38.2 Å². The molecule has 21 heavy (non-hydrogen) atoms. The van der Waals surface area contributed by atoms with Gasteiger partial charge in [0.25, 0.3) is 0 Å². The van der Waals surface area contributed by atoms with Crippen LogP contribution in [0.4, 0.5) is 4.79 Å². The molecule has 116 valence electrons. The van der Waals surface area contributed by atoms with E-state index in [-0.39, 0.29) is 6.09 Å². The van der Waals surface area contributed by atoms with Gasteiger partial charge in [0, 0.05) is 32.2 Å². The van der Waals surface area contributed by atoms with Crippen LogP contribution in [0.1, 0.15) is 18.9 Å². The Hall–Kier alpha value is -1.59. The van der Waals surface area contributed by atoms with Crippen LogP contribution >= 0.6 is 0 Å². The van der Waals surface area contributed by atoms with Gasteiger partial charge in [0.2, 0.25) is 0 Å². The molecule has 1 saturated heterocycles. The summed E-state index contributed by atoms with van der Waals surface area (Å²) in [6.07, 6.45) is 0.777. The van der Waals surface area contributed by atoms with Crippen LogP contribution in [0.3, 0.4) is 0 Å². The molecule has 1 heterocycles. The van der Waals surface area contributed by atoms with Crippen LogP contribution in [0, 0.1) is 0 Å². The molecule has 0 radical (unpaired) electrons. The van der Waals surface area contributed by atoms with Gasteiger partial charge in [-0.2, -0.15) is 0 Å². The van der Waals surface area contributed by atoms with Crippen LogP contribution in [0.15, 0.2) is 30.3 Å². The summed E-state index contributed by atoms with van der Waals surface area (Å²) < 4.78 is 5.38. The first kappa shape index (κ1) is 15.8. The fourth-order valence-corrected chi connectivity index (χ4v) is 2.78. The SMILES string of the molecule is CCN(CCN)C1CCN(C(=O)OCc2ccccc2)C1. The number of nitrogens with zero attached hydrogens (tertiary/aromatic N) is 2. The molecule has 0 saturated carbocycles. The largest absolute Gasteiger partial charge is 0.445 e. The van der Waals surface area contributed by atoms with Gasteiger partial charge in [-0.25, -0.2) is 4.79 Å². The number of likely N-dealkylation sites (tertiary alicyclic amines) is 1. The molecule has 1 atom stereocenters. The van der Waals surface area contributed by atoms with Gasteiger partial charge in [0.15, 0.2) is 0 Å². The minimum atomic E-state index is -0.217. The number of carbonyl (C=O) groups excluding carboxylic acids is 1. The lowest BCUT2D eigenvalue weighted by Gasteiger charge is -2.26. The minimum Gasteiger partial charge on any atom is -0.445 e. The van der Waals surface area contributed by atoms with E-state index in [9.17, 15) is 4.79 Å². The lowest BCUT2D eigenvalue weighted by atomic mass is 10.2. The van der Waals surface area contributed by atoms with Crippen LogP contribution in [0.5, 0.6) is 0 Å². The summed E-state index contributed by atoms with van der Waals surface area (Å²) in [6.45, 7) is 6.47. The molecule has 2 N–H and O–H groups in total. The molecule has 1 amide bonds. The average Bonchev–Trinajstić information content (AvgIpc) is 3.01. The van der Waals surface area contributed by atoms with Gasteiger partial charge in [0.1, 0.15) is 6.61 Å². The van der Waals surface area contributed by atoms with Crippen molar-refractivity contribution in [3.63, 3.8) is 0 Å². The molecule has 2 rings (SSSR count). The van der Waals surface area contributed by atoms with Gasteiger partial charge in [-0.15, -0.1) is 0 Å². The molecule has 1 aromatic rings. The number of carbonyl (C=O) groups is 1. The summed E-state index contributed by atoms with van der Waals surface area (Å²) >= 11 is 0. The van der Waals surface area contributed by atoms with Crippen molar-refractivity contribution in [2.75, 3.05) is 32.7 Å². The molecule has 1 aliphatic rings. The van der Waals surface area contributed by atoms with Crippen molar-refractivity contribution < 1.29 is 9.53 Å². The van der Waals surface area contributed by atoms with Gasteiger partial charge in [-0.1, -0.05) is 37.3 Å². The van der Waals surface area contributed by atoms with Crippen LogP contribution in [0.2, 0.25) is 0 Å². The Balaban J connectivity index is 1.79. The summed E-state index contributed by atoms with van der Waals surface area (Å²) in [4.78, 5) is 16.2. The Morgan fingerprint density at radius 2 is 2.19 bits per heavy atom. The van der Waals surface area contributed by atoms with E-state index in [4.69, 9.17) is 10.5 Å². The first-order valence-corrected chi connectivity index (χ1v) is 7.64. The molecule has 0 spiro atoms. The first-order valence-electron chi connectivity index (χ1n) is 7.64. The number of nitrogens with two attached hydrogens (primary N) is 1. The van der Waals surface area contributed by atoms with Crippen molar-refractivity contribution in [2.45, 2.75) is 26.0 Å². The maximum absolute atomic E-state index is 12.1. The summed E-state index contributed by atoms with van der Waals surface area (Å²) in [6, 6.07) is 10.2. The molecule has 1 unspecified atom stereocenters. The second-order valence-electron chi connectivity index (χ2n) is 5.35. The highest BCUT2D eigenvalue weighted by Gasteiger charge is 2.30. The van der Waals surface area contributed by atoms with Crippen LogP contribution in [0.25, 0.3) is 0 Å². The molecule has 0 aromatic heterocycles. The molecular weight excluding hydrogens is 266 g/mol. The monoisotopic (exact) mass is 291 g/mol. The van der Waals surface area contributed by atoms with Gasteiger partial charge < -0.3 is 15.4 Å². The van der Waals surface area contributed by atoms with Crippen molar-refractivity contribution in [1.82, 2.24) is 9.80 Å². The van der Waals surface area contributed by atoms with Crippen LogP contribution in [-0.4, -0.2) is 54.7 Å². The molecule has 5 heteroatoms. The molecular formula is C16H25N3O2. The highest BCUT2D eigenvalue weighted by molar-refractivity contribution is 5.68. The summed E-state index contributed by atoms with van der Waals surface area (Å²) in [7, 11) is 0. The zero-order valence-corrected chi connectivity index (χ0v) is 12.7. The Morgan fingerprint density at radius 3 is 2.86 bits per heavy atom. The number of benzene rings is 1. The predicted octanol–water partition coefficient (Wildman–Crippen LogP) is 1.68. The number of amides is 1. The Labute approximate surface area is 126 Å². The van der Waals surface area contributed by atoms with Crippen LogP contribution < -0.4 is 5.73 Å². The Morgan fingerprint density at radius 1 is 1.43 bits per heavy atom. The van der Waals surface area contributed by atoms with E-state index in [0.29, 0.717) is 19.2 Å². The third-order valence-corrected chi connectivity index (χ3v) is 3.97. The fourth-order valence-electron chi connectivity index (χ4n) is 2.78. The van der Waals surface area contributed by atoms with Gasteiger partial charge in [-0.05, 0) is 18.5 Å². The summed E-state index contributed by atoms with van der Waals surface area (Å²) in [5.74, 6) is 0. The minimum absolute atomic E-state index is 0.217. The topological polar surface area (TPSA) is 58.8 Å². The second kappa shape index (κ2) is 8.00. The van der Waals surface area contributed by atoms with E-state index < -0.39 is 0 Å². The molecule has 1 aliphatic heterocycles. The lowest BCUT2D eigenvalue weighted by Crippen LogP contribution is -2.41. The van der Waals surface area contributed by atoms with Crippen molar-refractivity contribution in [3.8, 4) is 0 Å². The summed E-state index contributed by atoms with van der Waals surface area (Å²) in [5.41, 5.74) is 6.65. The van der Waals surface area contributed by atoms with Crippen molar-refractivity contribution in [1.29, 1.82) is 0 Å². The number of likely N-dealkylation sites (N-methyl/N-ethyl adjacent to an activating group) is 1. The zero-order valence-electron chi connectivity index (χ0n) is 12.7. The van der Waals surface area contributed by atoms with Crippen molar-refractivity contribution in [2.24, 2.45) is 5.73 Å². The van der Waals surface area contributed by atoms with E-state index in [1.807, 2.05) is 30.3 Å². The summed E-state index contributed by atoms with van der Waals surface area (Å²) in [5, 5.41) is 0. The molecule has 0 aliphatic carbocycles. The van der Waals surface area contributed by atoms with Crippen LogP contribution in [-0.2, 0) is 11.3 Å². The number of rotatable bonds is 6. The highest BCUT2D eigenvalue weighted by Crippen LogP contribution is 2.16. The van der Waals surface area contributed by atoms with E-state index >= 15 is 0 Å². The number of hydrogen-bond acceptors (Lipinski definition) is 4.